The minimum atomic E-state index is -0.553. The lowest BCUT2D eigenvalue weighted by molar-refractivity contribution is 0.0932. The van der Waals surface area contributed by atoms with Gasteiger partial charge in [-0.25, -0.2) is 4.98 Å². The summed E-state index contributed by atoms with van der Waals surface area (Å²) >= 11 is 0. The highest BCUT2D eigenvalue weighted by atomic mass is 16.4. The Labute approximate surface area is 70.8 Å². The number of nitrogens with two attached hydrogens (primary N) is 1. The van der Waals surface area contributed by atoms with Crippen LogP contribution in [0.25, 0.3) is 0 Å². The largest absolute Gasteiger partial charge is 0.439 e. The summed E-state index contributed by atoms with van der Waals surface area (Å²) in [5.41, 5.74) is 6.11. The molecule has 0 radical (unpaired) electrons. The van der Waals surface area contributed by atoms with Crippen LogP contribution in [0.1, 0.15) is 29.1 Å². The summed E-state index contributed by atoms with van der Waals surface area (Å²) in [5, 5.41) is 0. The molecule has 0 aromatic carbocycles. The second kappa shape index (κ2) is 3.06. The SMILES string of the molecule is Cc1nc(C(=O)C(C)N)oc1C. The van der Waals surface area contributed by atoms with Crippen molar-refractivity contribution < 1.29 is 9.21 Å². The monoisotopic (exact) mass is 168 g/mol. The summed E-state index contributed by atoms with van der Waals surface area (Å²) in [7, 11) is 0. The van der Waals surface area contributed by atoms with Gasteiger partial charge in [0.25, 0.3) is 5.89 Å². The minimum Gasteiger partial charge on any atom is -0.439 e. The third-order valence-electron chi connectivity index (χ3n) is 1.65. The van der Waals surface area contributed by atoms with Gasteiger partial charge in [-0.2, -0.15) is 0 Å². The molecule has 1 aromatic heterocycles. The van der Waals surface area contributed by atoms with Crippen LogP contribution < -0.4 is 5.73 Å². The highest BCUT2D eigenvalue weighted by Crippen LogP contribution is 2.09. The van der Waals surface area contributed by atoms with E-state index in [4.69, 9.17) is 10.2 Å². The number of ketones is 1. The Balaban J connectivity index is 2.97. The van der Waals surface area contributed by atoms with Crippen molar-refractivity contribution >= 4 is 5.78 Å². The van der Waals surface area contributed by atoms with Crippen molar-refractivity contribution in [2.75, 3.05) is 0 Å². The molecule has 2 N–H and O–H groups in total. The van der Waals surface area contributed by atoms with E-state index in [0.29, 0.717) is 5.76 Å². The van der Waals surface area contributed by atoms with Gasteiger partial charge in [0.1, 0.15) is 5.76 Å². The van der Waals surface area contributed by atoms with Crippen molar-refractivity contribution in [2.45, 2.75) is 26.8 Å². The van der Waals surface area contributed by atoms with Gasteiger partial charge in [-0.1, -0.05) is 0 Å². The van der Waals surface area contributed by atoms with E-state index in [2.05, 4.69) is 4.98 Å². The Morgan fingerprint density at radius 1 is 1.58 bits per heavy atom. The molecule has 1 rings (SSSR count). The van der Waals surface area contributed by atoms with E-state index in [1.165, 1.54) is 0 Å². The van der Waals surface area contributed by atoms with E-state index >= 15 is 0 Å². The number of oxazole rings is 1. The maximum atomic E-state index is 11.2. The number of rotatable bonds is 2. The van der Waals surface area contributed by atoms with Crippen molar-refractivity contribution in [3.05, 3.63) is 17.3 Å². The zero-order valence-corrected chi connectivity index (χ0v) is 7.42. The quantitative estimate of drug-likeness (QED) is 0.664. The molecule has 0 aliphatic rings. The van der Waals surface area contributed by atoms with Gasteiger partial charge in [0.15, 0.2) is 0 Å². The molecule has 0 spiro atoms. The van der Waals surface area contributed by atoms with Crippen molar-refractivity contribution in [1.29, 1.82) is 0 Å². The molecule has 1 unspecified atom stereocenters. The van der Waals surface area contributed by atoms with Crippen LogP contribution in [-0.2, 0) is 0 Å². The van der Waals surface area contributed by atoms with Gasteiger partial charge in [0.2, 0.25) is 5.78 Å². The maximum absolute atomic E-state index is 11.2. The van der Waals surface area contributed by atoms with Crippen LogP contribution >= 0.6 is 0 Å². The fourth-order valence-electron chi connectivity index (χ4n) is 0.773. The van der Waals surface area contributed by atoms with Crippen LogP contribution in [0, 0.1) is 13.8 Å². The predicted molar refractivity (Wildman–Crippen MR) is 44.0 cm³/mol. The van der Waals surface area contributed by atoms with Gasteiger partial charge in [-0.05, 0) is 20.8 Å². The van der Waals surface area contributed by atoms with Crippen molar-refractivity contribution in [2.24, 2.45) is 5.73 Å². The van der Waals surface area contributed by atoms with Gasteiger partial charge in [0, 0.05) is 0 Å². The second-order valence-corrected chi connectivity index (χ2v) is 2.81. The first-order chi connectivity index (χ1) is 5.52. The van der Waals surface area contributed by atoms with Crippen molar-refractivity contribution in [3.63, 3.8) is 0 Å². The average molecular weight is 168 g/mol. The Kier molecular flexibility index (Phi) is 2.28. The van der Waals surface area contributed by atoms with E-state index in [0.717, 1.165) is 5.69 Å². The lowest BCUT2D eigenvalue weighted by atomic mass is 10.2. The zero-order chi connectivity index (χ0) is 9.30. The lowest BCUT2D eigenvalue weighted by Crippen LogP contribution is -2.26. The topological polar surface area (TPSA) is 69.1 Å². The number of nitrogens with zero attached hydrogens (tertiary/aromatic N) is 1. The van der Waals surface area contributed by atoms with Crippen LogP contribution in [0.15, 0.2) is 4.42 Å². The summed E-state index contributed by atoms with van der Waals surface area (Å²) in [5.74, 6) is 0.519. The van der Waals surface area contributed by atoms with Crippen LogP contribution in [-0.4, -0.2) is 16.8 Å². The van der Waals surface area contributed by atoms with E-state index < -0.39 is 6.04 Å². The molecule has 12 heavy (non-hydrogen) atoms. The molecule has 4 heteroatoms. The molecule has 0 fully saturated rings. The predicted octanol–water partition coefficient (Wildman–Crippen LogP) is 0.821. The van der Waals surface area contributed by atoms with E-state index in [-0.39, 0.29) is 11.7 Å². The van der Waals surface area contributed by atoms with Gasteiger partial charge >= 0.3 is 0 Å². The van der Waals surface area contributed by atoms with Crippen LogP contribution in [0.4, 0.5) is 0 Å². The third-order valence-corrected chi connectivity index (χ3v) is 1.65. The van der Waals surface area contributed by atoms with Crippen LogP contribution in [0.3, 0.4) is 0 Å². The Bertz CT molecular complexity index is 283. The smallest absolute Gasteiger partial charge is 0.265 e. The second-order valence-electron chi connectivity index (χ2n) is 2.81. The van der Waals surface area contributed by atoms with E-state index in [1.807, 2.05) is 0 Å². The fraction of sp³-hybridized carbons (Fsp3) is 0.500. The molecular formula is C8H12N2O2. The Hall–Kier alpha value is -1.16. The van der Waals surface area contributed by atoms with Gasteiger partial charge in [0.05, 0.1) is 11.7 Å². The molecule has 4 nitrogen and oxygen atoms in total. The minimum absolute atomic E-state index is 0.111. The number of hydrogen-bond acceptors (Lipinski definition) is 4. The molecule has 1 atom stereocenters. The third kappa shape index (κ3) is 1.53. The number of Topliss-reactive ketones (excluding diaryl/α,β-unsaturated/α-hetero) is 1. The number of carbonyl (C=O) groups excluding carboxylic acids is 1. The average Bonchev–Trinajstić information content (AvgIpc) is 2.30. The normalized spacial score (nSPS) is 13.0. The van der Waals surface area contributed by atoms with Crippen LogP contribution in [0.2, 0.25) is 0 Å². The number of aryl methyl sites for hydroxylation is 2. The molecule has 0 saturated heterocycles. The zero-order valence-electron chi connectivity index (χ0n) is 7.42. The Morgan fingerprint density at radius 3 is 2.50 bits per heavy atom. The summed E-state index contributed by atoms with van der Waals surface area (Å²) in [6.45, 7) is 5.16. The van der Waals surface area contributed by atoms with E-state index in [9.17, 15) is 4.79 Å². The highest BCUT2D eigenvalue weighted by molar-refractivity contribution is 5.95. The standard InChI is InChI=1S/C8H12N2O2/c1-4(9)7(11)8-10-5(2)6(3)12-8/h4H,9H2,1-3H3. The molecule has 0 aliphatic heterocycles. The molecule has 66 valence electrons. The molecule has 0 aliphatic carbocycles. The van der Waals surface area contributed by atoms with Gasteiger partial charge in [-0.3, -0.25) is 4.79 Å². The van der Waals surface area contributed by atoms with Crippen molar-refractivity contribution in [3.8, 4) is 0 Å². The van der Waals surface area contributed by atoms with Crippen LogP contribution in [0.5, 0.6) is 0 Å². The fourth-order valence-corrected chi connectivity index (χ4v) is 0.773. The summed E-state index contributed by atoms with van der Waals surface area (Å²) in [6, 6.07) is -0.553. The summed E-state index contributed by atoms with van der Waals surface area (Å²) < 4.78 is 5.10. The molecule has 1 aromatic rings. The lowest BCUT2D eigenvalue weighted by Gasteiger charge is -1.97. The number of hydrogen-bond donors (Lipinski definition) is 1. The molecule has 0 saturated carbocycles. The first kappa shape index (κ1) is 8.93. The summed E-state index contributed by atoms with van der Waals surface area (Å²) in [6.07, 6.45) is 0. The highest BCUT2D eigenvalue weighted by Gasteiger charge is 2.17. The van der Waals surface area contributed by atoms with Gasteiger partial charge in [-0.15, -0.1) is 0 Å². The molecule has 0 bridgehead atoms. The maximum Gasteiger partial charge on any atom is 0.265 e. The van der Waals surface area contributed by atoms with Crippen molar-refractivity contribution in [1.82, 2.24) is 4.98 Å². The Morgan fingerprint density at radius 2 is 2.17 bits per heavy atom. The van der Waals surface area contributed by atoms with E-state index in [1.54, 1.807) is 20.8 Å². The molecule has 0 amide bonds. The van der Waals surface area contributed by atoms with Gasteiger partial charge < -0.3 is 10.2 Å². The number of carbonyl (C=O) groups is 1. The first-order valence-corrected chi connectivity index (χ1v) is 3.76. The molecule has 1 heterocycles. The first-order valence-electron chi connectivity index (χ1n) is 3.76. The molecular weight excluding hydrogens is 156 g/mol. The summed E-state index contributed by atoms with van der Waals surface area (Å²) in [4.78, 5) is 15.2. The number of aromatic nitrogens is 1.